The molecule has 24 heavy (non-hydrogen) atoms. The normalized spacial score (nSPS) is 9.96. The summed E-state index contributed by atoms with van der Waals surface area (Å²) >= 11 is 0. The maximum atomic E-state index is 12.3. The van der Waals surface area contributed by atoms with Crippen molar-refractivity contribution in [2.24, 2.45) is 0 Å². The Balaban J connectivity index is 2.22. The van der Waals surface area contributed by atoms with Crippen molar-refractivity contribution in [3.63, 3.8) is 0 Å². The summed E-state index contributed by atoms with van der Waals surface area (Å²) in [5.74, 6) is 0.0177. The second-order valence-corrected chi connectivity index (χ2v) is 4.77. The van der Waals surface area contributed by atoms with E-state index in [2.05, 4.69) is 5.32 Å². The molecule has 7 nitrogen and oxygen atoms in total. The van der Waals surface area contributed by atoms with Crippen molar-refractivity contribution in [2.45, 2.75) is 6.92 Å². The molecule has 0 heterocycles. The van der Waals surface area contributed by atoms with Crippen molar-refractivity contribution in [1.29, 1.82) is 0 Å². The van der Waals surface area contributed by atoms with E-state index in [0.29, 0.717) is 29.4 Å². The molecule has 2 amide bonds. The van der Waals surface area contributed by atoms with Gasteiger partial charge in [0.2, 0.25) is 0 Å². The van der Waals surface area contributed by atoms with E-state index in [1.165, 1.54) is 25.3 Å². The molecule has 0 spiro atoms. The van der Waals surface area contributed by atoms with Crippen LogP contribution in [0, 0.1) is 0 Å². The van der Waals surface area contributed by atoms with Gasteiger partial charge in [-0.15, -0.1) is 0 Å². The minimum Gasteiger partial charge on any atom is -0.495 e. The molecule has 0 aliphatic heterocycles. The van der Waals surface area contributed by atoms with Gasteiger partial charge in [-0.3, -0.25) is 14.8 Å². The molecule has 0 atom stereocenters. The smallest absolute Gasteiger partial charge is 0.274 e. The maximum Gasteiger partial charge on any atom is 0.274 e. The van der Waals surface area contributed by atoms with Crippen LogP contribution in [0.5, 0.6) is 11.5 Å². The number of hydroxylamine groups is 1. The first kappa shape index (κ1) is 17.3. The van der Waals surface area contributed by atoms with Gasteiger partial charge < -0.3 is 14.8 Å². The van der Waals surface area contributed by atoms with Gasteiger partial charge in [0.15, 0.2) is 0 Å². The largest absolute Gasteiger partial charge is 0.495 e. The van der Waals surface area contributed by atoms with Gasteiger partial charge in [0.1, 0.15) is 11.5 Å². The number of carbonyl (C=O) groups is 2. The van der Waals surface area contributed by atoms with Crippen LogP contribution in [0.25, 0.3) is 0 Å². The Labute approximate surface area is 139 Å². The van der Waals surface area contributed by atoms with Crippen LogP contribution in [0.1, 0.15) is 27.6 Å². The molecule has 0 saturated carbocycles. The van der Waals surface area contributed by atoms with Gasteiger partial charge in [0, 0.05) is 11.1 Å². The molecule has 2 aromatic rings. The molecule has 0 aromatic heterocycles. The van der Waals surface area contributed by atoms with Gasteiger partial charge >= 0.3 is 0 Å². The first-order valence-corrected chi connectivity index (χ1v) is 7.25. The zero-order valence-corrected chi connectivity index (χ0v) is 13.3. The van der Waals surface area contributed by atoms with Gasteiger partial charge in [0.25, 0.3) is 11.8 Å². The maximum absolute atomic E-state index is 12.3. The van der Waals surface area contributed by atoms with Crippen LogP contribution in [0.3, 0.4) is 0 Å². The first-order valence-electron chi connectivity index (χ1n) is 7.25. The molecule has 0 radical (unpaired) electrons. The van der Waals surface area contributed by atoms with Crippen LogP contribution in [0.4, 0.5) is 5.69 Å². The zero-order valence-electron chi connectivity index (χ0n) is 13.3. The van der Waals surface area contributed by atoms with Crippen molar-refractivity contribution >= 4 is 17.5 Å². The SMILES string of the molecule is CCOc1ccc(C(=O)Nc2cc(C(=O)NO)ccc2OC)cc1. The highest BCUT2D eigenvalue weighted by atomic mass is 16.5. The van der Waals surface area contributed by atoms with Crippen molar-refractivity contribution in [3.05, 3.63) is 53.6 Å². The third-order valence-electron chi connectivity index (χ3n) is 3.24. The van der Waals surface area contributed by atoms with Crippen molar-refractivity contribution in [2.75, 3.05) is 19.0 Å². The third-order valence-corrected chi connectivity index (χ3v) is 3.24. The Hall–Kier alpha value is -3.06. The summed E-state index contributed by atoms with van der Waals surface area (Å²) in [6.07, 6.45) is 0. The van der Waals surface area contributed by atoms with E-state index in [-0.39, 0.29) is 11.5 Å². The summed E-state index contributed by atoms with van der Waals surface area (Å²) < 4.78 is 10.5. The molecule has 0 fully saturated rings. The van der Waals surface area contributed by atoms with Crippen LogP contribution in [0.15, 0.2) is 42.5 Å². The summed E-state index contributed by atoms with van der Waals surface area (Å²) in [5.41, 5.74) is 2.47. The molecule has 7 heteroatoms. The van der Waals surface area contributed by atoms with Gasteiger partial charge in [0.05, 0.1) is 19.4 Å². The zero-order chi connectivity index (χ0) is 17.5. The van der Waals surface area contributed by atoms with Crippen LogP contribution in [-0.4, -0.2) is 30.7 Å². The number of hydrogen-bond acceptors (Lipinski definition) is 5. The summed E-state index contributed by atoms with van der Waals surface area (Å²) in [7, 11) is 1.45. The highest BCUT2D eigenvalue weighted by Crippen LogP contribution is 2.26. The number of rotatable bonds is 6. The third kappa shape index (κ3) is 4.02. The van der Waals surface area contributed by atoms with Gasteiger partial charge in [-0.1, -0.05) is 0 Å². The van der Waals surface area contributed by atoms with Gasteiger partial charge in [-0.05, 0) is 49.4 Å². The lowest BCUT2D eigenvalue weighted by Crippen LogP contribution is -2.19. The molecular weight excluding hydrogens is 312 g/mol. The fourth-order valence-corrected chi connectivity index (χ4v) is 2.08. The average Bonchev–Trinajstić information content (AvgIpc) is 2.61. The minimum absolute atomic E-state index is 0.181. The number of hydrogen-bond donors (Lipinski definition) is 3. The molecular formula is C17H18N2O5. The standard InChI is InChI=1S/C17H18N2O5/c1-3-24-13-7-4-11(5-8-13)16(20)18-14-10-12(17(21)19-22)6-9-15(14)23-2/h4-10,22H,3H2,1-2H3,(H,18,20)(H,19,21). The number of nitrogens with one attached hydrogen (secondary N) is 2. The van der Waals surface area contributed by atoms with Crippen molar-refractivity contribution < 1.29 is 24.3 Å². The molecule has 0 aliphatic carbocycles. The second kappa shape index (κ2) is 7.98. The fourth-order valence-electron chi connectivity index (χ4n) is 2.08. The Morgan fingerprint density at radius 2 is 1.71 bits per heavy atom. The number of carbonyl (C=O) groups excluding carboxylic acids is 2. The van der Waals surface area contributed by atoms with Crippen molar-refractivity contribution in [1.82, 2.24) is 5.48 Å². The highest BCUT2D eigenvalue weighted by Gasteiger charge is 2.13. The summed E-state index contributed by atoms with van der Waals surface area (Å²) in [6.45, 7) is 2.42. The van der Waals surface area contributed by atoms with Crippen LogP contribution >= 0.6 is 0 Å². The van der Waals surface area contributed by atoms with E-state index >= 15 is 0 Å². The predicted octanol–water partition coefficient (Wildman–Crippen LogP) is 2.47. The summed E-state index contributed by atoms with van der Waals surface area (Å²) in [4.78, 5) is 23.8. The minimum atomic E-state index is -0.686. The Morgan fingerprint density at radius 3 is 2.29 bits per heavy atom. The lowest BCUT2D eigenvalue weighted by Gasteiger charge is -2.12. The molecule has 2 rings (SSSR count). The quantitative estimate of drug-likeness (QED) is 0.558. The lowest BCUT2D eigenvalue weighted by molar-refractivity contribution is 0.0706. The number of methoxy groups -OCH3 is 1. The topological polar surface area (TPSA) is 96.9 Å². The van der Waals surface area contributed by atoms with E-state index in [4.69, 9.17) is 14.7 Å². The molecule has 0 saturated heterocycles. The predicted molar refractivity (Wildman–Crippen MR) is 87.8 cm³/mol. The highest BCUT2D eigenvalue weighted by molar-refractivity contribution is 6.06. The van der Waals surface area contributed by atoms with E-state index in [1.807, 2.05) is 6.92 Å². The summed E-state index contributed by atoms with van der Waals surface area (Å²) in [5, 5.41) is 11.4. The molecule has 126 valence electrons. The van der Waals surface area contributed by atoms with Crippen LogP contribution < -0.4 is 20.3 Å². The second-order valence-electron chi connectivity index (χ2n) is 4.77. The number of benzene rings is 2. The van der Waals surface area contributed by atoms with Crippen LogP contribution in [-0.2, 0) is 0 Å². The first-order chi connectivity index (χ1) is 11.6. The molecule has 2 aromatic carbocycles. The van der Waals surface area contributed by atoms with E-state index in [9.17, 15) is 9.59 Å². The molecule has 0 bridgehead atoms. The molecule has 3 N–H and O–H groups in total. The van der Waals surface area contributed by atoms with Gasteiger partial charge in [-0.2, -0.15) is 0 Å². The lowest BCUT2D eigenvalue weighted by atomic mass is 10.1. The Morgan fingerprint density at radius 1 is 1.04 bits per heavy atom. The monoisotopic (exact) mass is 330 g/mol. The molecule has 0 aliphatic rings. The van der Waals surface area contributed by atoms with Crippen LogP contribution in [0.2, 0.25) is 0 Å². The number of amides is 2. The Kier molecular flexibility index (Phi) is 5.75. The van der Waals surface area contributed by atoms with E-state index < -0.39 is 5.91 Å². The van der Waals surface area contributed by atoms with E-state index in [0.717, 1.165) is 0 Å². The van der Waals surface area contributed by atoms with Crippen molar-refractivity contribution in [3.8, 4) is 11.5 Å². The fraction of sp³-hybridized carbons (Fsp3) is 0.176. The molecule has 0 unspecified atom stereocenters. The number of anilines is 1. The number of ether oxygens (including phenoxy) is 2. The average molecular weight is 330 g/mol. The van der Waals surface area contributed by atoms with E-state index in [1.54, 1.807) is 29.7 Å². The summed E-state index contributed by atoms with van der Waals surface area (Å²) in [6, 6.07) is 11.1. The van der Waals surface area contributed by atoms with Gasteiger partial charge in [-0.25, -0.2) is 5.48 Å². The Bertz CT molecular complexity index is 728.